The number of ether oxygens (including phenoxy) is 1. The fourth-order valence-corrected chi connectivity index (χ4v) is 4.97. The molecule has 2 bridgehead atoms. The lowest BCUT2D eigenvalue weighted by atomic mass is 9.73. The normalized spacial score (nSPS) is 31.3. The largest absolute Gasteiger partial charge is 0.369 e. The van der Waals surface area contributed by atoms with E-state index in [9.17, 15) is 9.18 Å². The lowest BCUT2D eigenvalue weighted by Gasteiger charge is -2.29. The average molecular weight is 372 g/mol. The fourth-order valence-electron chi connectivity index (χ4n) is 4.97. The van der Waals surface area contributed by atoms with Crippen molar-refractivity contribution in [1.29, 1.82) is 0 Å². The van der Waals surface area contributed by atoms with E-state index < -0.39 is 5.82 Å². The number of aromatic amines is 1. The Morgan fingerprint density at radius 3 is 3.00 bits per heavy atom. The summed E-state index contributed by atoms with van der Waals surface area (Å²) in [5.74, 6) is 0.463. The Kier molecular flexibility index (Phi) is 3.68. The van der Waals surface area contributed by atoms with Crippen LogP contribution in [0.3, 0.4) is 0 Å². The van der Waals surface area contributed by atoms with Gasteiger partial charge in [0.15, 0.2) is 5.82 Å². The molecule has 2 aromatic rings. The van der Waals surface area contributed by atoms with Crippen molar-refractivity contribution in [3.63, 3.8) is 0 Å². The van der Waals surface area contributed by atoms with E-state index >= 15 is 0 Å². The van der Waals surface area contributed by atoms with Gasteiger partial charge in [0.25, 0.3) is 5.91 Å². The maximum absolute atomic E-state index is 13.1. The van der Waals surface area contributed by atoms with E-state index in [2.05, 4.69) is 30.2 Å². The van der Waals surface area contributed by atoms with Gasteiger partial charge in [0.2, 0.25) is 5.95 Å². The van der Waals surface area contributed by atoms with E-state index in [0.717, 1.165) is 25.1 Å². The minimum Gasteiger partial charge on any atom is -0.369 e. The van der Waals surface area contributed by atoms with Crippen LogP contribution in [0.1, 0.15) is 29.0 Å². The van der Waals surface area contributed by atoms with Gasteiger partial charge in [0.05, 0.1) is 37.0 Å². The van der Waals surface area contributed by atoms with Gasteiger partial charge in [-0.15, -0.1) is 0 Å². The lowest BCUT2D eigenvalue weighted by Crippen LogP contribution is -2.42. The summed E-state index contributed by atoms with van der Waals surface area (Å²) in [6.45, 7) is 3.85. The third kappa shape index (κ3) is 2.60. The number of aromatic nitrogens is 4. The predicted molar refractivity (Wildman–Crippen MR) is 93.7 cm³/mol. The van der Waals surface area contributed by atoms with E-state index in [1.54, 1.807) is 0 Å². The molecule has 0 aliphatic carbocycles. The minimum atomic E-state index is -0.442. The maximum Gasteiger partial charge on any atom is 0.271 e. The van der Waals surface area contributed by atoms with Crippen molar-refractivity contribution in [2.45, 2.75) is 31.5 Å². The molecule has 0 radical (unpaired) electrons. The molecule has 0 saturated carbocycles. The molecule has 3 aliphatic heterocycles. The molecular weight excluding hydrogens is 351 g/mol. The van der Waals surface area contributed by atoms with Crippen LogP contribution in [0.15, 0.2) is 18.7 Å². The molecule has 142 valence electrons. The molecule has 2 N–H and O–H groups in total. The Labute approximate surface area is 155 Å². The van der Waals surface area contributed by atoms with Gasteiger partial charge < -0.3 is 19.9 Å². The summed E-state index contributed by atoms with van der Waals surface area (Å²) in [6, 6.07) is 0. The van der Waals surface area contributed by atoms with Crippen LogP contribution in [-0.2, 0) is 4.74 Å². The molecule has 3 saturated heterocycles. The van der Waals surface area contributed by atoms with Crippen molar-refractivity contribution >= 4 is 11.9 Å². The van der Waals surface area contributed by atoms with Crippen LogP contribution < -0.4 is 10.2 Å². The number of aryl methyl sites for hydroxylation is 1. The number of nitrogens with zero attached hydrogens (tertiary/aromatic N) is 4. The topological polar surface area (TPSA) is 96.0 Å². The average Bonchev–Trinajstić information content (AvgIpc) is 3.40. The van der Waals surface area contributed by atoms with Gasteiger partial charge >= 0.3 is 0 Å². The van der Waals surface area contributed by atoms with E-state index in [-0.39, 0.29) is 23.5 Å². The first-order chi connectivity index (χ1) is 13.1. The molecule has 9 heteroatoms. The zero-order valence-electron chi connectivity index (χ0n) is 15.0. The zero-order chi connectivity index (χ0) is 18.6. The van der Waals surface area contributed by atoms with Crippen LogP contribution in [0.25, 0.3) is 0 Å². The SMILES string of the molecule is Cc1[nH]cnc1C(=O)NC[C@H]1[C@H]2CN(c3ncc(F)cn3)C[C@]23CC[C@H]1O3. The van der Waals surface area contributed by atoms with Gasteiger partial charge in [0, 0.05) is 30.6 Å². The molecule has 0 unspecified atom stereocenters. The van der Waals surface area contributed by atoms with Crippen molar-refractivity contribution in [2.75, 3.05) is 24.5 Å². The molecule has 2 aromatic heterocycles. The first-order valence-electron chi connectivity index (χ1n) is 9.24. The second-order valence-corrected chi connectivity index (χ2v) is 7.70. The molecule has 3 fully saturated rings. The molecule has 0 aromatic carbocycles. The number of hydrogen-bond acceptors (Lipinski definition) is 6. The monoisotopic (exact) mass is 372 g/mol. The van der Waals surface area contributed by atoms with Gasteiger partial charge in [-0.05, 0) is 19.8 Å². The molecule has 4 atom stereocenters. The van der Waals surface area contributed by atoms with Gasteiger partial charge in [-0.2, -0.15) is 0 Å². The minimum absolute atomic E-state index is 0.165. The number of nitrogens with one attached hydrogen (secondary N) is 2. The number of rotatable bonds is 4. The lowest BCUT2D eigenvalue weighted by molar-refractivity contribution is 0.0141. The Balaban J connectivity index is 1.30. The van der Waals surface area contributed by atoms with Crippen molar-refractivity contribution in [3.8, 4) is 0 Å². The van der Waals surface area contributed by atoms with E-state index in [0.29, 0.717) is 30.6 Å². The van der Waals surface area contributed by atoms with Crippen molar-refractivity contribution in [2.24, 2.45) is 11.8 Å². The highest BCUT2D eigenvalue weighted by atomic mass is 19.1. The number of hydrogen-bond donors (Lipinski definition) is 2. The number of imidazole rings is 1. The molecule has 3 aliphatic rings. The summed E-state index contributed by atoms with van der Waals surface area (Å²) < 4.78 is 19.5. The Morgan fingerprint density at radius 2 is 2.26 bits per heavy atom. The maximum atomic E-state index is 13.1. The first-order valence-corrected chi connectivity index (χ1v) is 9.24. The predicted octanol–water partition coefficient (Wildman–Crippen LogP) is 1.06. The summed E-state index contributed by atoms with van der Waals surface area (Å²) in [6.07, 6.45) is 6.08. The number of halogens is 1. The Morgan fingerprint density at radius 1 is 1.44 bits per heavy atom. The van der Waals surface area contributed by atoms with Gasteiger partial charge in [-0.25, -0.2) is 19.3 Å². The molecule has 5 heterocycles. The van der Waals surface area contributed by atoms with Crippen LogP contribution in [-0.4, -0.2) is 57.2 Å². The van der Waals surface area contributed by atoms with Crippen LogP contribution in [0.5, 0.6) is 0 Å². The third-order valence-corrected chi connectivity index (χ3v) is 6.22. The molecule has 1 spiro atoms. The number of anilines is 1. The first kappa shape index (κ1) is 16.6. The van der Waals surface area contributed by atoms with Crippen molar-refractivity contribution in [3.05, 3.63) is 35.9 Å². The molecular formula is C18H21FN6O2. The van der Waals surface area contributed by atoms with E-state index in [1.807, 2.05) is 6.92 Å². The third-order valence-electron chi connectivity index (χ3n) is 6.22. The van der Waals surface area contributed by atoms with Crippen molar-refractivity contribution < 1.29 is 13.9 Å². The van der Waals surface area contributed by atoms with Gasteiger partial charge in [-0.3, -0.25) is 4.79 Å². The summed E-state index contributed by atoms with van der Waals surface area (Å²) in [5, 5.41) is 3.02. The van der Waals surface area contributed by atoms with E-state index in [4.69, 9.17) is 4.74 Å². The number of fused-ring (bicyclic) bond motifs is 1. The molecule has 1 amide bonds. The quantitative estimate of drug-likeness (QED) is 0.833. The Bertz CT molecular complexity index is 871. The summed E-state index contributed by atoms with van der Waals surface area (Å²) in [5.41, 5.74) is 0.982. The van der Waals surface area contributed by atoms with Crippen LogP contribution in [0.2, 0.25) is 0 Å². The highest BCUT2D eigenvalue weighted by Crippen LogP contribution is 2.54. The molecule has 27 heavy (non-hydrogen) atoms. The summed E-state index contributed by atoms with van der Waals surface area (Å²) in [7, 11) is 0. The summed E-state index contributed by atoms with van der Waals surface area (Å²) >= 11 is 0. The van der Waals surface area contributed by atoms with Crippen molar-refractivity contribution in [1.82, 2.24) is 25.3 Å². The smallest absolute Gasteiger partial charge is 0.271 e. The number of carbonyl (C=O) groups is 1. The second kappa shape index (κ2) is 5.98. The van der Waals surface area contributed by atoms with Gasteiger partial charge in [-0.1, -0.05) is 0 Å². The molecule has 8 nitrogen and oxygen atoms in total. The number of carbonyl (C=O) groups excluding carboxylic acids is 1. The highest BCUT2D eigenvalue weighted by Gasteiger charge is 2.63. The van der Waals surface area contributed by atoms with Crippen LogP contribution >= 0.6 is 0 Å². The highest BCUT2D eigenvalue weighted by molar-refractivity contribution is 5.93. The van der Waals surface area contributed by atoms with Crippen LogP contribution in [0.4, 0.5) is 10.3 Å². The van der Waals surface area contributed by atoms with E-state index in [1.165, 1.54) is 18.7 Å². The van der Waals surface area contributed by atoms with Crippen LogP contribution in [0, 0.1) is 24.6 Å². The second-order valence-electron chi connectivity index (χ2n) is 7.70. The summed E-state index contributed by atoms with van der Waals surface area (Å²) in [4.78, 5) is 29.7. The zero-order valence-corrected chi connectivity index (χ0v) is 15.0. The molecule has 5 rings (SSSR count). The Hall–Kier alpha value is -2.55. The number of H-pyrrole nitrogens is 1. The fraction of sp³-hybridized carbons (Fsp3) is 0.556. The number of amides is 1. The van der Waals surface area contributed by atoms with Gasteiger partial charge in [0.1, 0.15) is 5.69 Å². The standard InChI is InChI=1S/C18H21FN6O2/c1-10-15(24-9-23-10)16(26)20-6-12-13-7-25(17-21-4-11(19)5-22-17)8-18(13)3-2-14(12)27-18/h4-5,9,12-14H,2-3,6-8H2,1H3,(H,20,26)(H,23,24)/t12-,13+,14+,18+/m0/s1.